The van der Waals surface area contributed by atoms with Gasteiger partial charge in [0.15, 0.2) is 5.16 Å². The lowest BCUT2D eigenvalue weighted by molar-refractivity contribution is -0.139. The van der Waals surface area contributed by atoms with E-state index in [2.05, 4.69) is 33.8 Å². The van der Waals surface area contributed by atoms with Crippen molar-refractivity contribution >= 4 is 17.7 Å². The van der Waals surface area contributed by atoms with E-state index in [0.29, 0.717) is 6.61 Å². The molecule has 0 unspecified atom stereocenters. The molecule has 0 spiro atoms. The number of esters is 1. The van der Waals surface area contributed by atoms with Crippen LogP contribution in [0.5, 0.6) is 0 Å². The first-order chi connectivity index (χ1) is 11.2. The lowest BCUT2D eigenvalue weighted by Crippen LogP contribution is -2.09. The smallest absolute Gasteiger partial charge is 0.316 e. The molecule has 0 fully saturated rings. The fourth-order valence-electron chi connectivity index (χ4n) is 2.20. The molecule has 5 nitrogen and oxygen atoms in total. The van der Waals surface area contributed by atoms with E-state index >= 15 is 0 Å². The fraction of sp³-hybridized carbons (Fsp3) is 0.471. The highest BCUT2D eigenvalue weighted by atomic mass is 32.2. The molecular weight excluding hydrogens is 310 g/mol. The van der Waals surface area contributed by atoms with Crippen molar-refractivity contribution in [1.29, 1.82) is 0 Å². The molecule has 0 amide bonds. The number of nitrogens with zero attached hydrogens (tertiary/aromatic N) is 3. The minimum atomic E-state index is -0.216. The average Bonchev–Trinajstić information content (AvgIpc) is 2.94. The zero-order chi connectivity index (χ0) is 16.5. The van der Waals surface area contributed by atoms with Gasteiger partial charge in [-0.25, -0.2) is 0 Å². The van der Waals surface area contributed by atoms with E-state index in [0.717, 1.165) is 36.8 Å². The van der Waals surface area contributed by atoms with Crippen molar-refractivity contribution in [2.24, 2.45) is 0 Å². The van der Waals surface area contributed by atoms with Crippen molar-refractivity contribution in [3.8, 4) is 0 Å². The lowest BCUT2D eigenvalue weighted by Gasteiger charge is -2.09. The van der Waals surface area contributed by atoms with E-state index in [1.807, 2.05) is 25.1 Å². The SMILES string of the molecule is CCCCn1c(Cc2ccccc2)nnc1SCC(=O)OCC. The lowest BCUT2D eigenvalue weighted by atomic mass is 10.1. The third-order valence-electron chi connectivity index (χ3n) is 3.36. The molecule has 0 radical (unpaired) electrons. The molecule has 0 atom stereocenters. The van der Waals surface area contributed by atoms with Crippen LogP contribution in [-0.4, -0.2) is 33.1 Å². The minimum absolute atomic E-state index is 0.216. The summed E-state index contributed by atoms with van der Waals surface area (Å²) in [6, 6.07) is 10.2. The quantitative estimate of drug-likeness (QED) is 0.520. The highest BCUT2D eigenvalue weighted by Crippen LogP contribution is 2.20. The Morgan fingerprint density at radius 3 is 2.70 bits per heavy atom. The maximum absolute atomic E-state index is 11.5. The average molecular weight is 333 g/mol. The fourth-order valence-corrected chi connectivity index (χ4v) is 2.98. The predicted molar refractivity (Wildman–Crippen MR) is 91.5 cm³/mol. The summed E-state index contributed by atoms with van der Waals surface area (Å²) in [5.74, 6) is 0.992. The van der Waals surface area contributed by atoms with Gasteiger partial charge in [0.05, 0.1) is 12.4 Å². The van der Waals surface area contributed by atoms with E-state index in [-0.39, 0.29) is 11.7 Å². The Morgan fingerprint density at radius 1 is 1.22 bits per heavy atom. The van der Waals surface area contributed by atoms with Crippen LogP contribution >= 0.6 is 11.8 Å². The molecule has 0 aliphatic carbocycles. The molecule has 0 bridgehead atoms. The van der Waals surface area contributed by atoms with Gasteiger partial charge in [-0.2, -0.15) is 0 Å². The summed E-state index contributed by atoms with van der Waals surface area (Å²) < 4.78 is 7.10. The van der Waals surface area contributed by atoms with E-state index in [1.54, 1.807) is 0 Å². The van der Waals surface area contributed by atoms with Crippen LogP contribution in [-0.2, 0) is 22.5 Å². The van der Waals surface area contributed by atoms with Crippen LogP contribution in [0.4, 0.5) is 0 Å². The first-order valence-electron chi connectivity index (χ1n) is 7.99. The number of hydrogen-bond acceptors (Lipinski definition) is 5. The van der Waals surface area contributed by atoms with Crippen LogP contribution in [0.1, 0.15) is 38.1 Å². The zero-order valence-corrected chi connectivity index (χ0v) is 14.5. The number of rotatable bonds is 9. The van der Waals surface area contributed by atoms with Crippen LogP contribution in [0.2, 0.25) is 0 Å². The molecule has 1 aromatic carbocycles. The van der Waals surface area contributed by atoms with Gasteiger partial charge in [-0.05, 0) is 18.9 Å². The summed E-state index contributed by atoms with van der Waals surface area (Å²) in [7, 11) is 0. The largest absolute Gasteiger partial charge is 0.465 e. The Labute approximate surface area is 141 Å². The second-order valence-corrected chi connectivity index (χ2v) is 6.10. The summed E-state index contributed by atoms with van der Waals surface area (Å²) >= 11 is 1.39. The van der Waals surface area contributed by atoms with Gasteiger partial charge in [0.25, 0.3) is 0 Å². The summed E-state index contributed by atoms with van der Waals surface area (Å²) in [6.45, 7) is 5.24. The van der Waals surface area contributed by atoms with E-state index < -0.39 is 0 Å². The molecule has 0 N–H and O–H groups in total. The van der Waals surface area contributed by atoms with E-state index in [1.165, 1.54) is 17.3 Å². The third-order valence-corrected chi connectivity index (χ3v) is 4.30. The topological polar surface area (TPSA) is 57.0 Å². The number of unbranched alkanes of at least 4 members (excludes halogenated alkanes) is 1. The number of carbonyl (C=O) groups is 1. The van der Waals surface area contributed by atoms with Crippen molar-refractivity contribution in [2.75, 3.05) is 12.4 Å². The Bertz CT molecular complexity index is 614. The number of hydrogen-bond donors (Lipinski definition) is 0. The third kappa shape index (κ3) is 5.39. The van der Waals surface area contributed by atoms with Gasteiger partial charge < -0.3 is 9.30 Å². The van der Waals surface area contributed by atoms with Crippen molar-refractivity contribution in [1.82, 2.24) is 14.8 Å². The molecule has 0 aliphatic rings. The predicted octanol–water partition coefficient (Wildman–Crippen LogP) is 3.32. The Hall–Kier alpha value is -1.82. The number of benzene rings is 1. The van der Waals surface area contributed by atoms with Crippen molar-refractivity contribution in [3.05, 3.63) is 41.7 Å². The monoisotopic (exact) mass is 333 g/mol. The maximum Gasteiger partial charge on any atom is 0.316 e. The molecular formula is C17H23N3O2S. The summed E-state index contributed by atoms with van der Waals surface area (Å²) in [5, 5.41) is 9.38. The molecule has 2 rings (SSSR count). The molecule has 124 valence electrons. The molecule has 0 saturated carbocycles. The van der Waals surface area contributed by atoms with Gasteiger partial charge in [0, 0.05) is 13.0 Å². The highest BCUT2D eigenvalue weighted by molar-refractivity contribution is 7.99. The van der Waals surface area contributed by atoms with Gasteiger partial charge in [-0.1, -0.05) is 55.4 Å². The number of ether oxygens (including phenoxy) is 1. The summed E-state index contributed by atoms with van der Waals surface area (Å²) in [6.07, 6.45) is 2.91. The van der Waals surface area contributed by atoms with Gasteiger partial charge in [0.1, 0.15) is 5.82 Å². The zero-order valence-electron chi connectivity index (χ0n) is 13.7. The molecule has 1 heterocycles. The molecule has 0 saturated heterocycles. The van der Waals surface area contributed by atoms with Crippen LogP contribution in [0.25, 0.3) is 0 Å². The van der Waals surface area contributed by atoms with Gasteiger partial charge in [0.2, 0.25) is 0 Å². The van der Waals surface area contributed by atoms with E-state index in [9.17, 15) is 4.79 Å². The van der Waals surface area contributed by atoms with Crippen molar-refractivity contribution in [2.45, 2.75) is 44.8 Å². The molecule has 23 heavy (non-hydrogen) atoms. The van der Waals surface area contributed by atoms with Crippen molar-refractivity contribution in [3.63, 3.8) is 0 Å². The maximum atomic E-state index is 11.5. The Morgan fingerprint density at radius 2 is 2.00 bits per heavy atom. The van der Waals surface area contributed by atoms with Gasteiger partial charge >= 0.3 is 5.97 Å². The number of aromatic nitrogens is 3. The summed E-state index contributed by atoms with van der Waals surface area (Å²) in [5.41, 5.74) is 1.21. The molecule has 0 aliphatic heterocycles. The molecule has 6 heteroatoms. The second-order valence-electron chi connectivity index (χ2n) is 5.16. The van der Waals surface area contributed by atoms with Crippen LogP contribution in [0.15, 0.2) is 35.5 Å². The standard InChI is InChI=1S/C17H23N3O2S/c1-3-5-11-20-15(12-14-9-7-6-8-10-14)18-19-17(20)23-13-16(21)22-4-2/h6-10H,3-5,11-13H2,1-2H3. The normalized spacial score (nSPS) is 10.7. The van der Waals surface area contributed by atoms with Crippen molar-refractivity contribution < 1.29 is 9.53 Å². The summed E-state index contributed by atoms with van der Waals surface area (Å²) in [4.78, 5) is 11.5. The molecule has 1 aromatic heterocycles. The van der Waals surface area contributed by atoms with Gasteiger partial charge in [-0.3, -0.25) is 4.79 Å². The Balaban J connectivity index is 2.10. The van der Waals surface area contributed by atoms with E-state index in [4.69, 9.17) is 4.74 Å². The van der Waals surface area contributed by atoms with Crippen LogP contribution in [0.3, 0.4) is 0 Å². The van der Waals surface area contributed by atoms with Crippen LogP contribution < -0.4 is 0 Å². The number of thioether (sulfide) groups is 1. The van der Waals surface area contributed by atoms with Gasteiger partial charge in [-0.15, -0.1) is 10.2 Å². The minimum Gasteiger partial charge on any atom is -0.465 e. The first-order valence-corrected chi connectivity index (χ1v) is 8.97. The first kappa shape index (κ1) is 17.5. The highest BCUT2D eigenvalue weighted by Gasteiger charge is 2.14. The Kier molecular flexibility index (Phi) is 7.13. The molecule has 2 aromatic rings. The number of carbonyl (C=O) groups excluding carboxylic acids is 1. The second kappa shape index (κ2) is 9.35. The van der Waals surface area contributed by atoms with Crippen LogP contribution in [0, 0.1) is 0 Å².